The van der Waals surface area contributed by atoms with Gasteiger partial charge in [0.2, 0.25) is 0 Å². The summed E-state index contributed by atoms with van der Waals surface area (Å²) in [5.74, 6) is 1.18. The molecule has 1 aromatic rings. The Bertz CT molecular complexity index is 377. The number of nitrogens with zero attached hydrogens (tertiary/aromatic N) is 3. The van der Waals surface area contributed by atoms with Gasteiger partial charge in [0, 0.05) is 58.1 Å². The summed E-state index contributed by atoms with van der Waals surface area (Å²) in [6.45, 7) is 11.5. The van der Waals surface area contributed by atoms with Gasteiger partial charge < -0.3 is 9.88 Å². The highest BCUT2D eigenvalue weighted by Gasteiger charge is 2.31. The molecule has 102 valence electrons. The van der Waals surface area contributed by atoms with Crippen LogP contribution in [-0.2, 0) is 13.5 Å². The SMILES string of the molecule is Cn1ccnc1CCN1CCNCC1C(C)(C)C. The molecule has 0 aliphatic carbocycles. The van der Waals surface area contributed by atoms with Crippen LogP contribution in [0.5, 0.6) is 0 Å². The number of hydrogen-bond donors (Lipinski definition) is 1. The van der Waals surface area contributed by atoms with Crippen molar-refractivity contribution in [2.75, 3.05) is 26.2 Å². The van der Waals surface area contributed by atoms with Gasteiger partial charge in [0.25, 0.3) is 0 Å². The standard InChI is InChI=1S/C14H26N4/c1-14(2,3)12-11-15-6-10-18(12)8-5-13-16-7-9-17(13)4/h7,9,12,15H,5-6,8,10-11H2,1-4H3. The normalized spacial score (nSPS) is 22.3. The molecule has 2 rings (SSSR count). The Morgan fingerprint density at radius 3 is 2.83 bits per heavy atom. The molecule has 1 aliphatic heterocycles. The molecular weight excluding hydrogens is 224 g/mol. The van der Waals surface area contributed by atoms with Gasteiger partial charge in [-0.05, 0) is 5.41 Å². The summed E-state index contributed by atoms with van der Waals surface area (Å²) in [6.07, 6.45) is 4.94. The Hall–Kier alpha value is -0.870. The van der Waals surface area contributed by atoms with Crippen LogP contribution in [0.15, 0.2) is 12.4 Å². The molecule has 1 aromatic heterocycles. The fourth-order valence-corrected chi connectivity index (χ4v) is 2.75. The molecule has 4 nitrogen and oxygen atoms in total. The number of piperazine rings is 1. The summed E-state index contributed by atoms with van der Waals surface area (Å²) < 4.78 is 2.12. The van der Waals surface area contributed by atoms with Crippen molar-refractivity contribution in [1.29, 1.82) is 0 Å². The van der Waals surface area contributed by atoms with Crippen molar-refractivity contribution >= 4 is 0 Å². The molecule has 0 bridgehead atoms. The van der Waals surface area contributed by atoms with Crippen LogP contribution < -0.4 is 5.32 Å². The van der Waals surface area contributed by atoms with E-state index >= 15 is 0 Å². The van der Waals surface area contributed by atoms with E-state index in [4.69, 9.17) is 0 Å². The Balaban J connectivity index is 1.96. The zero-order valence-corrected chi connectivity index (χ0v) is 12.1. The molecule has 0 radical (unpaired) electrons. The average Bonchev–Trinajstić information content (AvgIpc) is 2.71. The lowest BCUT2D eigenvalue weighted by Gasteiger charge is -2.43. The predicted octanol–water partition coefficient (Wildman–Crippen LogP) is 1.28. The van der Waals surface area contributed by atoms with Crippen molar-refractivity contribution in [2.24, 2.45) is 12.5 Å². The molecule has 1 aliphatic rings. The number of imidazole rings is 1. The molecule has 0 spiro atoms. The van der Waals surface area contributed by atoms with Crippen LogP contribution in [0.1, 0.15) is 26.6 Å². The van der Waals surface area contributed by atoms with Gasteiger partial charge in [0.05, 0.1) is 0 Å². The van der Waals surface area contributed by atoms with Crippen molar-refractivity contribution in [3.63, 3.8) is 0 Å². The number of aromatic nitrogens is 2. The molecule has 1 saturated heterocycles. The van der Waals surface area contributed by atoms with Gasteiger partial charge >= 0.3 is 0 Å². The second-order valence-electron chi connectivity index (χ2n) is 6.33. The minimum atomic E-state index is 0.328. The monoisotopic (exact) mass is 250 g/mol. The summed E-state index contributed by atoms with van der Waals surface area (Å²) in [4.78, 5) is 7.02. The highest BCUT2D eigenvalue weighted by Crippen LogP contribution is 2.25. The molecule has 1 fully saturated rings. The molecule has 18 heavy (non-hydrogen) atoms. The fraction of sp³-hybridized carbons (Fsp3) is 0.786. The molecule has 0 saturated carbocycles. The Morgan fingerprint density at radius 1 is 1.44 bits per heavy atom. The third kappa shape index (κ3) is 3.12. The lowest BCUT2D eigenvalue weighted by atomic mass is 9.84. The van der Waals surface area contributed by atoms with Gasteiger partial charge in [-0.25, -0.2) is 4.98 Å². The van der Waals surface area contributed by atoms with Crippen LogP contribution in [-0.4, -0.2) is 46.7 Å². The smallest absolute Gasteiger partial charge is 0.109 e. The first kappa shape index (κ1) is 13.6. The molecule has 1 atom stereocenters. The highest BCUT2D eigenvalue weighted by atomic mass is 15.2. The van der Waals surface area contributed by atoms with Crippen molar-refractivity contribution in [2.45, 2.75) is 33.2 Å². The van der Waals surface area contributed by atoms with Crippen molar-refractivity contribution in [3.05, 3.63) is 18.2 Å². The van der Waals surface area contributed by atoms with E-state index in [1.807, 2.05) is 12.4 Å². The largest absolute Gasteiger partial charge is 0.338 e. The topological polar surface area (TPSA) is 33.1 Å². The minimum absolute atomic E-state index is 0.328. The molecular formula is C14H26N4. The van der Waals surface area contributed by atoms with E-state index in [0.717, 1.165) is 32.6 Å². The van der Waals surface area contributed by atoms with Crippen LogP contribution in [0.4, 0.5) is 0 Å². The summed E-state index contributed by atoms with van der Waals surface area (Å²) in [5, 5.41) is 3.51. The maximum absolute atomic E-state index is 4.41. The summed E-state index contributed by atoms with van der Waals surface area (Å²) in [5.41, 5.74) is 0.328. The Labute approximate surface area is 110 Å². The third-order valence-electron chi connectivity index (χ3n) is 3.90. The summed E-state index contributed by atoms with van der Waals surface area (Å²) in [6, 6.07) is 0.617. The second kappa shape index (κ2) is 5.41. The average molecular weight is 250 g/mol. The lowest BCUT2D eigenvalue weighted by Crippen LogP contribution is -2.57. The molecule has 0 amide bonds. The van der Waals surface area contributed by atoms with Crippen LogP contribution in [0.3, 0.4) is 0 Å². The molecule has 1 N–H and O–H groups in total. The Kier molecular flexibility index (Phi) is 4.07. The van der Waals surface area contributed by atoms with E-state index in [-0.39, 0.29) is 0 Å². The predicted molar refractivity (Wildman–Crippen MR) is 74.6 cm³/mol. The maximum Gasteiger partial charge on any atom is 0.109 e. The first-order valence-electron chi connectivity index (χ1n) is 6.89. The molecule has 2 heterocycles. The zero-order valence-electron chi connectivity index (χ0n) is 12.1. The highest BCUT2D eigenvalue weighted by molar-refractivity contribution is 4.94. The van der Waals surface area contributed by atoms with Crippen LogP contribution in [0, 0.1) is 5.41 Å². The van der Waals surface area contributed by atoms with Crippen molar-refractivity contribution in [3.8, 4) is 0 Å². The first-order valence-corrected chi connectivity index (χ1v) is 6.89. The number of aryl methyl sites for hydroxylation is 1. The minimum Gasteiger partial charge on any atom is -0.338 e. The number of nitrogens with one attached hydrogen (secondary N) is 1. The molecule has 4 heteroatoms. The van der Waals surface area contributed by atoms with E-state index in [2.05, 4.69) is 47.6 Å². The first-order chi connectivity index (χ1) is 8.48. The lowest BCUT2D eigenvalue weighted by molar-refractivity contribution is 0.0760. The fourth-order valence-electron chi connectivity index (χ4n) is 2.75. The van der Waals surface area contributed by atoms with Gasteiger partial charge in [-0.1, -0.05) is 20.8 Å². The van der Waals surface area contributed by atoms with E-state index in [1.165, 1.54) is 5.82 Å². The third-order valence-corrected chi connectivity index (χ3v) is 3.90. The van der Waals surface area contributed by atoms with Gasteiger partial charge in [-0.3, -0.25) is 4.90 Å². The summed E-state index contributed by atoms with van der Waals surface area (Å²) in [7, 11) is 2.07. The van der Waals surface area contributed by atoms with Crippen molar-refractivity contribution < 1.29 is 0 Å². The van der Waals surface area contributed by atoms with E-state index in [1.54, 1.807) is 0 Å². The maximum atomic E-state index is 4.41. The van der Waals surface area contributed by atoms with E-state index in [9.17, 15) is 0 Å². The molecule has 1 unspecified atom stereocenters. The van der Waals surface area contributed by atoms with Gasteiger partial charge in [-0.2, -0.15) is 0 Å². The van der Waals surface area contributed by atoms with Crippen LogP contribution in [0.25, 0.3) is 0 Å². The van der Waals surface area contributed by atoms with E-state index in [0.29, 0.717) is 11.5 Å². The zero-order chi connectivity index (χ0) is 13.2. The quantitative estimate of drug-likeness (QED) is 0.877. The number of hydrogen-bond acceptors (Lipinski definition) is 3. The summed E-state index contributed by atoms with van der Waals surface area (Å²) >= 11 is 0. The second-order valence-corrected chi connectivity index (χ2v) is 6.33. The van der Waals surface area contributed by atoms with Gasteiger partial charge in [0.1, 0.15) is 5.82 Å². The van der Waals surface area contributed by atoms with Gasteiger partial charge in [0.15, 0.2) is 0 Å². The van der Waals surface area contributed by atoms with Gasteiger partial charge in [-0.15, -0.1) is 0 Å². The Morgan fingerprint density at radius 2 is 2.22 bits per heavy atom. The number of rotatable bonds is 3. The van der Waals surface area contributed by atoms with Crippen LogP contribution in [0.2, 0.25) is 0 Å². The van der Waals surface area contributed by atoms with Crippen LogP contribution >= 0.6 is 0 Å². The van der Waals surface area contributed by atoms with E-state index < -0.39 is 0 Å². The molecule has 0 aromatic carbocycles. The van der Waals surface area contributed by atoms with Crippen molar-refractivity contribution in [1.82, 2.24) is 19.8 Å².